The van der Waals surface area contributed by atoms with Crippen LogP contribution < -0.4 is 10.1 Å². The van der Waals surface area contributed by atoms with Crippen LogP contribution in [-0.4, -0.2) is 50.8 Å². The van der Waals surface area contributed by atoms with Crippen molar-refractivity contribution in [2.24, 2.45) is 7.05 Å². The van der Waals surface area contributed by atoms with E-state index < -0.39 is 0 Å². The molecule has 0 radical (unpaired) electrons. The maximum Gasteiger partial charge on any atom is 0.272 e. The molecular formula is C15H19N5O3. The van der Waals surface area contributed by atoms with Crippen LogP contribution in [0.5, 0.6) is 5.75 Å². The van der Waals surface area contributed by atoms with Crippen LogP contribution in [0.4, 0.5) is 0 Å². The molecular weight excluding hydrogens is 298 g/mol. The first kappa shape index (κ1) is 14.3. The highest BCUT2D eigenvalue weighted by Crippen LogP contribution is 2.18. The van der Waals surface area contributed by atoms with Gasteiger partial charge < -0.3 is 14.8 Å². The Hall–Kier alpha value is -2.35. The smallest absolute Gasteiger partial charge is 0.272 e. The van der Waals surface area contributed by atoms with Gasteiger partial charge in [-0.2, -0.15) is 10.2 Å². The van der Waals surface area contributed by atoms with E-state index in [0.29, 0.717) is 24.7 Å². The molecule has 0 bridgehead atoms. The van der Waals surface area contributed by atoms with E-state index in [4.69, 9.17) is 9.47 Å². The average molecular weight is 317 g/mol. The summed E-state index contributed by atoms with van der Waals surface area (Å²) in [6, 6.07) is 1.68. The largest absolute Gasteiger partial charge is 0.482 e. The fourth-order valence-electron chi connectivity index (χ4n) is 3.03. The second-order valence-corrected chi connectivity index (χ2v) is 5.97. The van der Waals surface area contributed by atoms with E-state index in [-0.39, 0.29) is 18.1 Å². The molecule has 1 N–H and O–H groups in total. The Morgan fingerprint density at radius 1 is 1.48 bits per heavy atom. The number of hydrogen-bond acceptors (Lipinski definition) is 5. The van der Waals surface area contributed by atoms with Crippen LogP contribution in [0.15, 0.2) is 18.5 Å². The van der Waals surface area contributed by atoms with Gasteiger partial charge in [0.05, 0.1) is 31.6 Å². The number of nitrogens with zero attached hydrogens (tertiary/aromatic N) is 4. The molecule has 0 unspecified atom stereocenters. The molecule has 23 heavy (non-hydrogen) atoms. The maximum absolute atomic E-state index is 12.4. The number of fused-ring (bicyclic) bond motifs is 1. The molecule has 4 heterocycles. The normalized spacial score (nSPS) is 23.0. The summed E-state index contributed by atoms with van der Waals surface area (Å²) in [6.07, 6.45) is 5.30. The minimum atomic E-state index is -0.224. The van der Waals surface area contributed by atoms with Crippen LogP contribution in [0.25, 0.3) is 0 Å². The van der Waals surface area contributed by atoms with Crippen molar-refractivity contribution in [3.05, 3.63) is 29.8 Å². The lowest BCUT2D eigenvalue weighted by molar-refractivity contribution is 0.0898. The van der Waals surface area contributed by atoms with Crippen LogP contribution in [0.1, 0.15) is 22.6 Å². The number of ether oxygens (including phenoxy) is 2. The summed E-state index contributed by atoms with van der Waals surface area (Å²) in [7, 11) is 1.83. The summed E-state index contributed by atoms with van der Waals surface area (Å²) in [4.78, 5) is 12.4. The Bertz CT molecular complexity index is 701. The maximum atomic E-state index is 12.4. The van der Waals surface area contributed by atoms with Crippen molar-refractivity contribution in [3.63, 3.8) is 0 Å². The molecule has 0 saturated carbocycles. The van der Waals surface area contributed by atoms with E-state index in [1.54, 1.807) is 17.1 Å². The summed E-state index contributed by atoms with van der Waals surface area (Å²) in [5, 5.41) is 11.4. The Labute approximate surface area is 133 Å². The molecule has 1 fully saturated rings. The van der Waals surface area contributed by atoms with Crippen molar-refractivity contribution < 1.29 is 14.3 Å². The molecule has 2 aliphatic rings. The van der Waals surface area contributed by atoms with E-state index in [1.807, 2.05) is 17.8 Å². The Morgan fingerprint density at radius 2 is 2.39 bits per heavy atom. The highest BCUT2D eigenvalue weighted by atomic mass is 16.5. The summed E-state index contributed by atoms with van der Waals surface area (Å²) < 4.78 is 14.9. The molecule has 4 rings (SSSR count). The van der Waals surface area contributed by atoms with E-state index in [9.17, 15) is 4.79 Å². The van der Waals surface area contributed by atoms with E-state index in [1.165, 1.54) is 0 Å². The highest BCUT2D eigenvalue weighted by Gasteiger charge is 2.32. The fourth-order valence-corrected chi connectivity index (χ4v) is 3.03. The molecule has 2 aromatic rings. The zero-order valence-electron chi connectivity index (χ0n) is 12.9. The van der Waals surface area contributed by atoms with Gasteiger partial charge in [0.1, 0.15) is 11.8 Å². The van der Waals surface area contributed by atoms with Crippen molar-refractivity contribution in [1.82, 2.24) is 24.9 Å². The molecule has 0 aromatic carbocycles. The fraction of sp³-hybridized carbons (Fsp3) is 0.533. The molecule has 122 valence electrons. The monoisotopic (exact) mass is 317 g/mol. The second-order valence-electron chi connectivity index (χ2n) is 5.97. The molecule has 2 atom stereocenters. The number of carbonyl (C=O) groups excluding carboxylic acids is 1. The second kappa shape index (κ2) is 5.69. The lowest BCUT2D eigenvalue weighted by Gasteiger charge is -2.19. The minimum Gasteiger partial charge on any atom is -0.482 e. The van der Waals surface area contributed by atoms with Gasteiger partial charge in [-0.1, -0.05) is 0 Å². The zero-order chi connectivity index (χ0) is 15.8. The first-order valence-electron chi connectivity index (χ1n) is 7.80. The van der Waals surface area contributed by atoms with Gasteiger partial charge in [-0.3, -0.25) is 14.2 Å². The van der Waals surface area contributed by atoms with E-state index in [2.05, 4.69) is 15.5 Å². The predicted octanol–water partition coefficient (Wildman–Crippen LogP) is 0.139. The first-order valence-corrected chi connectivity index (χ1v) is 7.80. The standard InChI is InChI=1S/C15H19N5O3/c1-19-7-11(6-16-19)23-14-9-22-8-13(14)17-15(21)12-5-10-3-2-4-20(10)18-12/h5-7,13-14H,2-4,8-9H2,1H3,(H,17,21)/t13-,14+/m0/s1. The lowest BCUT2D eigenvalue weighted by Crippen LogP contribution is -2.45. The number of aromatic nitrogens is 4. The third-order valence-corrected chi connectivity index (χ3v) is 4.21. The number of rotatable bonds is 4. The molecule has 2 aromatic heterocycles. The van der Waals surface area contributed by atoms with Crippen molar-refractivity contribution in [2.75, 3.05) is 13.2 Å². The highest BCUT2D eigenvalue weighted by molar-refractivity contribution is 5.92. The first-order chi connectivity index (χ1) is 11.2. The van der Waals surface area contributed by atoms with Crippen molar-refractivity contribution in [1.29, 1.82) is 0 Å². The topological polar surface area (TPSA) is 83.2 Å². The van der Waals surface area contributed by atoms with Gasteiger partial charge in [-0.15, -0.1) is 0 Å². The number of nitrogens with one attached hydrogen (secondary N) is 1. The molecule has 1 saturated heterocycles. The lowest BCUT2D eigenvalue weighted by atomic mass is 10.2. The van der Waals surface area contributed by atoms with E-state index >= 15 is 0 Å². The number of aryl methyl sites for hydroxylation is 3. The molecule has 1 amide bonds. The quantitative estimate of drug-likeness (QED) is 0.867. The summed E-state index contributed by atoms with van der Waals surface area (Å²) in [5.74, 6) is 0.491. The molecule has 0 spiro atoms. The summed E-state index contributed by atoms with van der Waals surface area (Å²) >= 11 is 0. The van der Waals surface area contributed by atoms with Crippen molar-refractivity contribution in [2.45, 2.75) is 31.5 Å². The molecule has 2 aliphatic heterocycles. The van der Waals surface area contributed by atoms with Gasteiger partial charge in [-0.25, -0.2) is 0 Å². The Balaban J connectivity index is 1.41. The van der Waals surface area contributed by atoms with Gasteiger partial charge in [0.2, 0.25) is 0 Å². The van der Waals surface area contributed by atoms with Crippen LogP contribution in [-0.2, 0) is 24.8 Å². The third kappa shape index (κ3) is 2.81. The van der Waals surface area contributed by atoms with Gasteiger partial charge in [0.15, 0.2) is 5.75 Å². The van der Waals surface area contributed by atoms with Gasteiger partial charge >= 0.3 is 0 Å². The van der Waals surface area contributed by atoms with Gasteiger partial charge in [0.25, 0.3) is 5.91 Å². The van der Waals surface area contributed by atoms with Crippen LogP contribution >= 0.6 is 0 Å². The minimum absolute atomic E-state index is 0.179. The predicted molar refractivity (Wildman–Crippen MR) is 80.2 cm³/mol. The number of amides is 1. The van der Waals surface area contributed by atoms with Crippen LogP contribution in [0, 0.1) is 0 Å². The molecule has 8 heteroatoms. The Morgan fingerprint density at radius 3 is 3.17 bits per heavy atom. The van der Waals surface area contributed by atoms with E-state index in [0.717, 1.165) is 25.1 Å². The van der Waals surface area contributed by atoms with Crippen LogP contribution in [0.2, 0.25) is 0 Å². The van der Waals surface area contributed by atoms with Crippen molar-refractivity contribution in [3.8, 4) is 5.75 Å². The summed E-state index contributed by atoms with van der Waals surface area (Å²) in [5.41, 5.74) is 1.59. The molecule has 0 aliphatic carbocycles. The van der Waals surface area contributed by atoms with Crippen LogP contribution in [0.3, 0.4) is 0 Å². The number of carbonyl (C=O) groups is 1. The summed E-state index contributed by atoms with van der Waals surface area (Å²) in [6.45, 7) is 1.77. The zero-order valence-corrected chi connectivity index (χ0v) is 12.9. The number of hydrogen-bond donors (Lipinski definition) is 1. The van der Waals surface area contributed by atoms with Crippen molar-refractivity contribution >= 4 is 5.91 Å². The van der Waals surface area contributed by atoms with Gasteiger partial charge in [-0.05, 0) is 18.9 Å². The molecule has 8 nitrogen and oxygen atoms in total. The average Bonchev–Trinajstić information content (AvgIpc) is 3.24. The third-order valence-electron chi connectivity index (χ3n) is 4.21. The Kier molecular flexibility index (Phi) is 3.53. The SMILES string of the molecule is Cn1cc(O[C@@H]2COC[C@@H]2NC(=O)c2cc3n(n2)CCC3)cn1. The van der Waals surface area contributed by atoms with Gasteiger partial charge in [0, 0.05) is 19.3 Å².